The zero-order valence-corrected chi connectivity index (χ0v) is 15.8. The minimum absolute atomic E-state index is 0.257. The Hall–Kier alpha value is -2.27. The van der Waals surface area contributed by atoms with Gasteiger partial charge in [-0.2, -0.15) is 0 Å². The molecule has 2 aromatic carbocycles. The Morgan fingerprint density at radius 2 is 1.85 bits per heavy atom. The van der Waals surface area contributed by atoms with Gasteiger partial charge in [-0.3, -0.25) is 0 Å². The van der Waals surface area contributed by atoms with Gasteiger partial charge in [0.25, 0.3) is 0 Å². The predicted octanol–water partition coefficient (Wildman–Crippen LogP) is 4.27. The van der Waals surface area contributed by atoms with Crippen molar-refractivity contribution >= 4 is 16.9 Å². The highest BCUT2D eigenvalue weighted by Crippen LogP contribution is 2.25. The zero-order valence-electron chi connectivity index (χ0n) is 15.8. The number of unbranched alkanes of at least 4 members (excludes halogenated alkanes) is 1. The molecular weight excluding hydrogens is 330 g/mol. The van der Waals surface area contributed by atoms with Gasteiger partial charge in [0.1, 0.15) is 18.0 Å². The van der Waals surface area contributed by atoms with Crippen LogP contribution in [0.5, 0.6) is 5.75 Å². The minimum Gasteiger partial charge on any atom is -0.490 e. The molecule has 26 heavy (non-hydrogen) atoms. The molecule has 0 saturated carbocycles. The Kier molecular flexibility index (Phi) is 7.27. The molecule has 0 unspecified atom stereocenters. The predicted molar refractivity (Wildman–Crippen MR) is 104 cm³/mol. The number of carbonyl (C=O) groups is 1. The number of aliphatic hydroxyl groups excluding tert-OH is 1. The van der Waals surface area contributed by atoms with Crippen LogP contribution in [0.1, 0.15) is 40.0 Å². The van der Waals surface area contributed by atoms with Crippen LogP contribution in [0.25, 0.3) is 10.8 Å². The van der Waals surface area contributed by atoms with Crippen LogP contribution in [-0.4, -0.2) is 36.1 Å². The minimum atomic E-state index is -0.532. The van der Waals surface area contributed by atoms with Gasteiger partial charge < -0.3 is 19.9 Å². The second kappa shape index (κ2) is 9.43. The maximum absolute atomic E-state index is 11.5. The lowest BCUT2D eigenvalue weighted by Gasteiger charge is -2.19. The van der Waals surface area contributed by atoms with Crippen molar-refractivity contribution in [3.63, 3.8) is 0 Å². The molecule has 2 N–H and O–H groups in total. The molecule has 0 aliphatic rings. The van der Waals surface area contributed by atoms with Crippen LogP contribution in [0.3, 0.4) is 0 Å². The third-order valence-corrected chi connectivity index (χ3v) is 3.81. The van der Waals surface area contributed by atoms with E-state index in [0.29, 0.717) is 13.0 Å². The molecule has 1 atom stereocenters. The first-order valence-corrected chi connectivity index (χ1v) is 9.10. The van der Waals surface area contributed by atoms with Crippen LogP contribution in [0.15, 0.2) is 42.5 Å². The van der Waals surface area contributed by atoms with Crippen LogP contribution >= 0.6 is 0 Å². The number of amides is 1. The maximum atomic E-state index is 11.5. The normalized spacial score (nSPS) is 12.6. The number of hydrogen-bond acceptors (Lipinski definition) is 4. The summed E-state index contributed by atoms with van der Waals surface area (Å²) < 4.78 is 11.0. The lowest BCUT2D eigenvalue weighted by molar-refractivity contribution is 0.0525. The first kappa shape index (κ1) is 20.0. The van der Waals surface area contributed by atoms with Gasteiger partial charge in [-0.1, -0.05) is 36.4 Å². The Morgan fingerprint density at radius 3 is 2.62 bits per heavy atom. The van der Waals surface area contributed by atoms with Crippen molar-refractivity contribution < 1.29 is 19.4 Å². The van der Waals surface area contributed by atoms with Gasteiger partial charge in [-0.15, -0.1) is 0 Å². The van der Waals surface area contributed by atoms with E-state index in [9.17, 15) is 9.90 Å². The third-order valence-electron chi connectivity index (χ3n) is 3.81. The molecule has 2 aromatic rings. The van der Waals surface area contributed by atoms with E-state index in [4.69, 9.17) is 9.47 Å². The molecule has 0 saturated heterocycles. The van der Waals surface area contributed by atoms with E-state index < -0.39 is 17.8 Å². The molecule has 0 aliphatic heterocycles. The van der Waals surface area contributed by atoms with Gasteiger partial charge in [0.15, 0.2) is 0 Å². The molecule has 0 radical (unpaired) electrons. The number of aliphatic hydroxyl groups is 1. The van der Waals surface area contributed by atoms with Crippen molar-refractivity contribution in [3.05, 3.63) is 42.5 Å². The number of fused-ring (bicyclic) bond motifs is 1. The molecule has 0 aromatic heterocycles. The van der Waals surface area contributed by atoms with Crippen molar-refractivity contribution in [2.75, 3.05) is 13.2 Å². The molecule has 5 heteroatoms. The molecule has 0 heterocycles. The number of nitrogens with one attached hydrogen (secondary N) is 1. The zero-order chi connectivity index (χ0) is 19.0. The lowest BCUT2D eigenvalue weighted by atomic mass is 10.1. The topological polar surface area (TPSA) is 67.8 Å². The van der Waals surface area contributed by atoms with Crippen LogP contribution in [0.2, 0.25) is 0 Å². The molecule has 0 aliphatic carbocycles. The first-order chi connectivity index (χ1) is 12.3. The van der Waals surface area contributed by atoms with Crippen LogP contribution in [0, 0.1) is 0 Å². The van der Waals surface area contributed by atoms with Gasteiger partial charge >= 0.3 is 6.09 Å². The Morgan fingerprint density at radius 1 is 1.12 bits per heavy atom. The summed E-state index contributed by atoms with van der Waals surface area (Å²) in [6, 6.07) is 13.9. The lowest BCUT2D eigenvalue weighted by Crippen LogP contribution is -2.33. The van der Waals surface area contributed by atoms with Gasteiger partial charge in [0.05, 0.1) is 6.10 Å². The highest BCUT2D eigenvalue weighted by Gasteiger charge is 2.15. The van der Waals surface area contributed by atoms with Crippen LogP contribution < -0.4 is 10.1 Å². The van der Waals surface area contributed by atoms with E-state index in [0.717, 1.165) is 29.4 Å². The van der Waals surface area contributed by atoms with Gasteiger partial charge in [-0.25, -0.2) is 4.79 Å². The van der Waals surface area contributed by atoms with E-state index in [1.54, 1.807) is 0 Å². The SMILES string of the molecule is CC(C)(C)OC(=O)NCCCC[C@H](O)COc1cccc2ccccc12. The number of hydrogen-bond donors (Lipinski definition) is 2. The maximum Gasteiger partial charge on any atom is 0.407 e. The average Bonchev–Trinajstić information content (AvgIpc) is 2.58. The Balaban J connectivity index is 1.65. The summed E-state index contributed by atoms with van der Waals surface area (Å²) in [6.07, 6.45) is 1.27. The standard InChI is InChI=1S/C21H29NO4/c1-21(2,3)26-20(24)22-14-7-6-11-17(23)15-25-19-13-8-10-16-9-4-5-12-18(16)19/h4-5,8-10,12-13,17,23H,6-7,11,14-15H2,1-3H3,(H,22,24)/t17-/m0/s1. The monoisotopic (exact) mass is 359 g/mol. The highest BCUT2D eigenvalue weighted by molar-refractivity contribution is 5.88. The number of rotatable bonds is 8. The molecule has 0 fully saturated rings. The van der Waals surface area contributed by atoms with Gasteiger partial charge in [-0.05, 0) is 51.5 Å². The van der Waals surface area contributed by atoms with Crippen molar-refractivity contribution in [2.45, 2.75) is 51.7 Å². The molecule has 0 spiro atoms. The summed E-state index contributed by atoms with van der Waals surface area (Å²) in [5.41, 5.74) is -0.487. The molecular formula is C21H29NO4. The second-order valence-electron chi connectivity index (χ2n) is 7.37. The molecule has 1 amide bonds. The Labute approximate surface area is 155 Å². The van der Waals surface area contributed by atoms with Crippen LogP contribution in [0.4, 0.5) is 4.79 Å². The second-order valence-corrected chi connectivity index (χ2v) is 7.37. The van der Waals surface area contributed by atoms with Crippen LogP contribution in [-0.2, 0) is 4.74 Å². The fourth-order valence-corrected chi connectivity index (χ4v) is 2.60. The fraction of sp³-hybridized carbons (Fsp3) is 0.476. The number of carbonyl (C=O) groups excluding carboxylic acids is 1. The van der Waals surface area contributed by atoms with Crippen molar-refractivity contribution in [3.8, 4) is 5.75 Å². The Bertz CT molecular complexity index is 703. The number of benzene rings is 2. The number of ether oxygens (including phenoxy) is 2. The van der Waals surface area contributed by atoms with Crippen molar-refractivity contribution in [1.82, 2.24) is 5.32 Å². The number of alkyl carbamates (subject to hydrolysis) is 1. The van der Waals surface area contributed by atoms with Crippen molar-refractivity contribution in [1.29, 1.82) is 0 Å². The van der Waals surface area contributed by atoms with E-state index in [-0.39, 0.29) is 6.61 Å². The van der Waals surface area contributed by atoms with E-state index in [2.05, 4.69) is 5.32 Å². The van der Waals surface area contributed by atoms with Gasteiger partial charge in [0, 0.05) is 11.9 Å². The highest BCUT2D eigenvalue weighted by atomic mass is 16.6. The fourth-order valence-electron chi connectivity index (χ4n) is 2.60. The molecule has 142 valence electrons. The van der Waals surface area contributed by atoms with E-state index in [1.165, 1.54) is 0 Å². The summed E-state index contributed by atoms with van der Waals surface area (Å²) in [7, 11) is 0. The molecule has 5 nitrogen and oxygen atoms in total. The summed E-state index contributed by atoms with van der Waals surface area (Å²) >= 11 is 0. The quantitative estimate of drug-likeness (QED) is 0.691. The molecule has 0 bridgehead atoms. The summed E-state index contributed by atoms with van der Waals surface area (Å²) in [5, 5.41) is 15.0. The largest absolute Gasteiger partial charge is 0.490 e. The van der Waals surface area contributed by atoms with E-state index >= 15 is 0 Å². The smallest absolute Gasteiger partial charge is 0.407 e. The summed E-state index contributed by atoms with van der Waals surface area (Å²) in [4.78, 5) is 11.5. The summed E-state index contributed by atoms with van der Waals surface area (Å²) in [5.74, 6) is 0.786. The summed E-state index contributed by atoms with van der Waals surface area (Å²) in [6.45, 7) is 6.29. The van der Waals surface area contributed by atoms with Crippen molar-refractivity contribution in [2.24, 2.45) is 0 Å². The van der Waals surface area contributed by atoms with Gasteiger partial charge in [0.2, 0.25) is 0 Å². The molecule has 2 rings (SSSR count). The average molecular weight is 359 g/mol. The first-order valence-electron chi connectivity index (χ1n) is 9.10. The van der Waals surface area contributed by atoms with E-state index in [1.807, 2.05) is 63.2 Å². The third kappa shape index (κ3) is 6.92.